The summed E-state index contributed by atoms with van der Waals surface area (Å²) in [6.07, 6.45) is 4.57. The molecule has 0 aliphatic heterocycles. The Labute approximate surface area is 95.9 Å². The van der Waals surface area contributed by atoms with Gasteiger partial charge in [0.2, 0.25) is 0 Å². The first-order valence-electron chi connectivity index (χ1n) is 5.51. The standard InChI is InChI=1S/C13H17N3/c1-10-3-4-12(7-11(10)2)16-9-15-8-13(16)5-6-14/h3-4,7-9H,5-6,14H2,1-2H3. The summed E-state index contributed by atoms with van der Waals surface area (Å²) in [4.78, 5) is 4.18. The zero-order valence-corrected chi connectivity index (χ0v) is 9.77. The van der Waals surface area contributed by atoms with Crippen LogP contribution in [0.5, 0.6) is 0 Å². The Hall–Kier alpha value is -1.61. The van der Waals surface area contributed by atoms with E-state index in [9.17, 15) is 0 Å². The Morgan fingerprint density at radius 2 is 2.06 bits per heavy atom. The molecule has 0 saturated heterocycles. The first-order valence-corrected chi connectivity index (χ1v) is 5.51. The Morgan fingerprint density at radius 3 is 2.75 bits per heavy atom. The lowest BCUT2D eigenvalue weighted by atomic mass is 10.1. The van der Waals surface area contributed by atoms with Crippen molar-refractivity contribution in [3.8, 4) is 5.69 Å². The zero-order valence-electron chi connectivity index (χ0n) is 9.77. The number of benzene rings is 1. The highest BCUT2D eigenvalue weighted by molar-refractivity contribution is 5.40. The van der Waals surface area contributed by atoms with Crippen molar-refractivity contribution in [3.63, 3.8) is 0 Å². The topological polar surface area (TPSA) is 43.8 Å². The van der Waals surface area contributed by atoms with Gasteiger partial charge in [-0.05, 0) is 43.7 Å². The van der Waals surface area contributed by atoms with Crippen LogP contribution < -0.4 is 5.73 Å². The van der Waals surface area contributed by atoms with Crippen LogP contribution >= 0.6 is 0 Å². The van der Waals surface area contributed by atoms with Gasteiger partial charge in [-0.25, -0.2) is 4.98 Å². The van der Waals surface area contributed by atoms with Gasteiger partial charge in [-0.1, -0.05) is 6.07 Å². The van der Waals surface area contributed by atoms with Crippen LogP contribution in [-0.2, 0) is 6.42 Å². The van der Waals surface area contributed by atoms with Crippen LogP contribution in [0.25, 0.3) is 5.69 Å². The molecule has 0 fully saturated rings. The van der Waals surface area contributed by atoms with Crippen LogP contribution in [0.15, 0.2) is 30.7 Å². The average Bonchev–Trinajstić information content (AvgIpc) is 2.71. The second-order valence-corrected chi connectivity index (χ2v) is 4.06. The molecule has 0 saturated carbocycles. The van der Waals surface area contributed by atoms with Crippen LogP contribution in [0, 0.1) is 13.8 Å². The third kappa shape index (κ3) is 1.99. The summed E-state index contributed by atoms with van der Waals surface area (Å²) in [6, 6.07) is 6.43. The number of aryl methyl sites for hydroxylation is 2. The quantitative estimate of drug-likeness (QED) is 0.851. The van der Waals surface area contributed by atoms with Gasteiger partial charge in [0.05, 0.1) is 6.33 Å². The van der Waals surface area contributed by atoms with Gasteiger partial charge in [0.25, 0.3) is 0 Å². The fraction of sp³-hybridized carbons (Fsp3) is 0.308. The monoisotopic (exact) mass is 215 g/mol. The van der Waals surface area contributed by atoms with Crippen molar-refractivity contribution < 1.29 is 0 Å². The van der Waals surface area contributed by atoms with E-state index in [0.29, 0.717) is 6.54 Å². The Morgan fingerprint density at radius 1 is 1.25 bits per heavy atom. The van der Waals surface area contributed by atoms with E-state index in [1.54, 1.807) is 0 Å². The Balaban J connectivity index is 2.42. The molecule has 0 spiro atoms. The number of aromatic nitrogens is 2. The molecule has 0 aliphatic carbocycles. The highest BCUT2D eigenvalue weighted by Gasteiger charge is 2.04. The Kier molecular flexibility index (Phi) is 3.06. The molecule has 0 bridgehead atoms. The summed E-state index contributed by atoms with van der Waals surface area (Å²) < 4.78 is 2.10. The minimum atomic E-state index is 0.649. The van der Waals surface area contributed by atoms with Gasteiger partial charge in [0.15, 0.2) is 0 Å². The minimum Gasteiger partial charge on any atom is -0.330 e. The van der Waals surface area contributed by atoms with Crippen molar-refractivity contribution >= 4 is 0 Å². The third-order valence-corrected chi connectivity index (χ3v) is 2.88. The number of rotatable bonds is 3. The van der Waals surface area contributed by atoms with Gasteiger partial charge >= 0.3 is 0 Å². The van der Waals surface area contributed by atoms with Crippen molar-refractivity contribution in [2.24, 2.45) is 5.73 Å². The molecular weight excluding hydrogens is 198 g/mol. The minimum absolute atomic E-state index is 0.649. The molecular formula is C13H17N3. The molecule has 0 amide bonds. The molecule has 1 aromatic carbocycles. The predicted octanol–water partition coefficient (Wildman–Crippen LogP) is 1.99. The van der Waals surface area contributed by atoms with Gasteiger partial charge in [0.1, 0.15) is 0 Å². The second-order valence-electron chi connectivity index (χ2n) is 4.06. The zero-order chi connectivity index (χ0) is 11.5. The molecule has 1 heterocycles. The molecule has 2 N–H and O–H groups in total. The first kappa shape index (κ1) is 10.9. The van der Waals surface area contributed by atoms with Crippen LogP contribution in [0.4, 0.5) is 0 Å². The lowest BCUT2D eigenvalue weighted by Gasteiger charge is -2.09. The summed E-state index contributed by atoms with van der Waals surface area (Å²) in [6.45, 7) is 4.89. The lowest BCUT2D eigenvalue weighted by Crippen LogP contribution is -2.07. The molecule has 0 aliphatic rings. The first-order chi connectivity index (χ1) is 7.72. The molecule has 3 nitrogen and oxygen atoms in total. The third-order valence-electron chi connectivity index (χ3n) is 2.88. The summed E-state index contributed by atoms with van der Waals surface area (Å²) in [5.41, 5.74) is 10.5. The van der Waals surface area contributed by atoms with Gasteiger partial charge in [0, 0.05) is 24.0 Å². The largest absolute Gasteiger partial charge is 0.330 e. The Bertz CT molecular complexity index is 486. The fourth-order valence-electron chi connectivity index (χ4n) is 1.76. The smallest absolute Gasteiger partial charge is 0.0994 e. The fourth-order valence-corrected chi connectivity index (χ4v) is 1.76. The number of nitrogens with zero attached hydrogens (tertiary/aromatic N) is 2. The van der Waals surface area contributed by atoms with E-state index in [1.807, 2.05) is 12.5 Å². The maximum absolute atomic E-state index is 5.58. The van der Waals surface area contributed by atoms with Crippen LogP contribution in [0.1, 0.15) is 16.8 Å². The van der Waals surface area contributed by atoms with E-state index in [4.69, 9.17) is 5.73 Å². The average molecular weight is 215 g/mol. The predicted molar refractivity (Wildman–Crippen MR) is 65.8 cm³/mol. The van der Waals surface area contributed by atoms with E-state index in [1.165, 1.54) is 11.1 Å². The van der Waals surface area contributed by atoms with Crippen LogP contribution in [0.3, 0.4) is 0 Å². The summed E-state index contributed by atoms with van der Waals surface area (Å²) in [5, 5.41) is 0. The molecule has 3 heteroatoms. The van der Waals surface area contributed by atoms with Crippen LogP contribution in [-0.4, -0.2) is 16.1 Å². The summed E-state index contributed by atoms with van der Waals surface area (Å²) >= 11 is 0. The molecule has 0 unspecified atom stereocenters. The van der Waals surface area contributed by atoms with Gasteiger partial charge < -0.3 is 10.3 Å². The molecule has 0 radical (unpaired) electrons. The van der Waals surface area contributed by atoms with Crippen molar-refractivity contribution in [1.82, 2.24) is 9.55 Å². The van der Waals surface area contributed by atoms with E-state index in [-0.39, 0.29) is 0 Å². The van der Waals surface area contributed by atoms with E-state index < -0.39 is 0 Å². The van der Waals surface area contributed by atoms with Crippen molar-refractivity contribution in [3.05, 3.63) is 47.5 Å². The summed E-state index contributed by atoms with van der Waals surface area (Å²) in [7, 11) is 0. The SMILES string of the molecule is Cc1ccc(-n2cncc2CCN)cc1C. The maximum atomic E-state index is 5.58. The molecule has 2 aromatic rings. The normalized spacial score (nSPS) is 10.7. The van der Waals surface area contributed by atoms with Crippen molar-refractivity contribution in [2.75, 3.05) is 6.54 Å². The molecule has 84 valence electrons. The van der Waals surface area contributed by atoms with Crippen molar-refractivity contribution in [2.45, 2.75) is 20.3 Å². The number of nitrogens with two attached hydrogens (primary N) is 1. The maximum Gasteiger partial charge on any atom is 0.0994 e. The lowest BCUT2D eigenvalue weighted by molar-refractivity contribution is 0.872. The van der Waals surface area contributed by atoms with E-state index in [2.05, 4.69) is 41.6 Å². The summed E-state index contributed by atoms with van der Waals surface area (Å²) in [5.74, 6) is 0. The van der Waals surface area contributed by atoms with Gasteiger partial charge in [-0.3, -0.25) is 0 Å². The molecule has 2 rings (SSSR count). The van der Waals surface area contributed by atoms with E-state index in [0.717, 1.165) is 17.8 Å². The second kappa shape index (κ2) is 4.49. The molecule has 16 heavy (non-hydrogen) atoms. The molecule has 0 atom stereocenters. The van der Waals surface area contributed by atoms with Crippen LogP contribution in [0.2, 0.25) is 0 Å². The highest BCUT2D eigenvalue weighted by atomic mass is 15.0. The van der Waals surface area contributed by atoms with Gasteiger partial charge in [-0.2, -0.15) is 0 Å². The number of hydrogen-bond donors (Lipinski definition) is 1. The van der Waals surface area contributed by atoms with E-state index >= 15 is 0 Å². The highest BCUT2D eigenvalue weighted by Crippen LogP contribution is 2.15. The molecule has 1 aromatic heterocycles. The van der Waals surface area contributed by atoms with Crippen molar-refractivity contribution in [1.29, 1.82) is 0 Å². The number of imidazole rings is 1. The van der Waals surface area contributed by atoms with Gasteiger partial charge in [-0.15, -0.1) is 0 Å². The number of hydrogen-bond acceptors (Lipinski definition) is 2.